The van der Waals surface area contributed by atoms with Crippen LogP contribution in [0.15, 0.2) is 42.2 Å². The Bertz CT molecular complexity index is 398. The first-order valence-corrected chi connectivity index (χ1v) is 7.76. The van der Waals surface area contributed by atoms with Gasteiger partial charge in [-0.2, -0.15) is 0 Å². The summed E-state index contributed by atoms with van der Waals surface area (Å²) in [6, 6.07) is 9.89. The van der Waals surface area contributed by atoms with Crippen molar-refractivity contribution in [3.63, 3.8) is 0 Å². The average molecular weight is 290 g/mol. The lowest BCUT2D eigenvalue weighted by atomic mass is 10.1. The van der Waals surface area contributed by atoms with Crippen molar-refractivity contribution in [1.82, 2.24) is 0 Å². The minimum absolute atomic E-state index is 0.106. The molecule has 0 aliphatic heterocycles. The maximum Gasteiger partial charge on any atom is 0.189 e. The predicted octanol–water partition coefficient (Wildman–Crippen LogP) is 4.62. The number of rotatable bonds is 12. The first kappa shape index (κ1) is 17.4. The van der Waals surface area contributed by atoms with E-state index in [0.29, 0.717) is 12.4 Å². The highest BCUT2D eigenvalue weighted by Crippen LogP contribution is 2.07. The van der Waals surface area contributed by atoms with Gasteiger partial charge in [-0.1, -0.05) is 62.9 Å². The average Bonchev–Trinajstić information content (AvgIpc) is 2.53. The third kappa shape index (κ3) is 9.03. The largest absolute Gasteiger partial charge is 0.464 e. The molecule has 1 rings (SSSR count). The molecule has 0 atom stereocenters. The molecule has 3 nitrogen and oxygen atoms in total. The molecule has 0 saturated carbocycles. The van der Waals surface area contributed by atoms with E-state index in [-0.39, 0.29) is 6.79 Å². The van der Waals surface area contributed by atoms with Crippen molar-refractivity contribution < 1.29 is 14.3 Å². The number of unbranched alkanes of at least 4 members (excludes halogenated alkanes) is 5. The zero-order valence-corrected chi connectivity index (χ0v) is 12.9. The summed E-state index contributed by atoms with van der Waals surface area (Å²) in [5, 5.41) is 0. The summed E-state index contributed by atoms with van der Waals surface area (Å²) in [6.07, 6.45) is 9.60. The van der Waals surface area contributed by atoms with Gasteiger partial charge in [0, 0.05) is 0 Å². The van der Waals surface area contributed by atoms with E-state index in [1.165, 1.54) is 25.7 Å². The lowest BCUT2D eigenvalue weighted by molar-refractivity contribution is -0.111. The highest BCUT2D eigenvalue weighted by Gasteiger charge is 1.97. The molecular formula is C18H26O3. The van der Waals surface area contributed by atoms with E-state index in [0.717, 1.165) is 24.7 Å². The first-order chi connectivity index (χ1) is 10.4. The van der Waals surface area contributed by atoms with Gasteiger partial charge in [0.2, 0.25) is 0 Å². The van der Waals surface area contributed by atoms with Crippen LogP contribution in [0.1, 0.15) is 51.0 Å². The standard InChI is InChI=1S/C18H26O3/c1-2-3-4-5-6-10-13-18(14-19)21-16-20-15-17-11-8-7-9-12-17/h7-9,11-14H,2-6,10,15-16H2,1H3. The lowest BCUT2D eigenvalue weighted by Crippen LogP contribution is -2.01. The third-order valence-electron chi connectivity index (χ3n) is 3.19. The van der Waals surface area contributed by atoms with Crippen molar-refractivity contribution in [3.8, 4) is 0 Å². The van der Waals surface area contributed by atoms with Gasteiger partial charge in [-0.15, -0.1) is 0 Å². The summed E-state index contributed by atoms with van der Waals surface area (Å²) in [5.74, 6) is 0.374. The Morgan fingerprint density at radius 3 is 2.57 bits per heavy atom. The van der Waals surface area contributed by atoms with Gasteiger partial charge < -0.3 is 9.47 Å². The van der Waals surface area contributed by atoms with Gasteiger partial charge in [0.05, 0.1) is 6.61 Å². The van der Waals surface area contributed by atoms with Gasteiger partial charge >= 0.3 is 0 Å². The number of aldehydes is 1. The van der Waals surface area contributed by atoms with E-state index in [2.05, 4.69) is 6.92 Å². The van der Waals surface area contributed by atoms with Gasteiger partial charge in [-0.3, -0.25) is 4.79 Å². The molecule has 0 heterocycles. The van der Waals surface area contributed by atoms with Crippen LogP contribution in [0.5, 0.6) is 0 Å². The summed E-state index contributed by atoms with van der Waals surface area (Å²) < 4.78 is 10.7. The normalized spacial score (nSPS) is 11.4. The van der Waals surface area contributed by atoms with Crippen molar-refractivity contribution in [2.45, 2.75) is 52.1 Å². The van der Waals surface area contributed by atoms with E-state index in [1.54, 1.807) is 0 Å². The third-order valence-corrected chi connectivity index (χ3v) is 3.19. The van der Waals surface area contributed by atoms with Crippen LogP contribution in [0.2, 0.25) is 0 Å². The first-order valence-electron chi connectivity index (χ1n) is 7.76. The highest BCUT2D eigenvalue weighted by molar-refractivity contribution is 5.69. The van der Waals surface area contributed by atoms with Gasteiger partial charge in [0.25, 0.3) is 0 Å². The molecule has 3 heteroatoms. The molecule has 0 aliphatic rings. The minimum atomic E-state index is 0.106. The van der Waals surface area contributed by atoms with Crippen LogP contribution in [-0.2, 0) is 20.9 Å². The Labute approximate surface area is 128 Å². The molecule has 1 aromatic carbocycles. The molecule has 0 aliphatic carbocycles. The van der Waals surface area contributed by atoms with Crippen LogP contribution >= 0.6 is 0 Å². The van der Waals surface area contributed by atoms with E-state index in [9.17, 15) is 4.79 Å². The van der Waals surface area contributed by atoms with Crippen molar-refractivity contribution in [1.29, 1.82) is 0 Å². The summed E-state index contributed by atoms with van der Waals surface area (Å²) >= 11 is 0. The van der Waals surface area contributed by atoms with Crippen LogP contribution in [0.3, 0.4) is 0 Å². The van der Waals surface area contributed by atoms with Gasteiger partial charge in [-0.25, -0.2) is 0 Å². The Morgan fingerprint density at radius 1 is 1.10 bits per heavy atom. The molecule has 0 aromatic heterocycles. The monoisotopic (exact) mass is 290 g/mol. The fourth-order valence-corrected chi connectivity index (χ4v) is 1.98. The van der Waals surface area contributed by atoms with E-state index in [4.69, 9.17) is 9.47 Å². The van der Waals surface area contributed by atoms with Gasteiger partial charge in [0.15, 0.2) is 18.8 Å². The highest BCUT2D eigenvalue weighted by atomic mass is 16.7. The predicted molar refractivity (Wildman–Crippen MR) is 84.7 cm³/mol. The van der Waals surface area contributed by atoms with Gasteiger partial charge in [0.1, 0.15) is 0 Å². The van der Waals surface area contributed by atoms with Crippen molar-refractivity contribution >= 4 is 6.29 Å². The fraction of sp³-hybridized carbons (Fsp3) is 0.500. The molecule has 116 valence electrons. The van der Waals surface area contributed by atoms with Crippen LogP contribution in [0, 0.1) is 0 Å². The van der Waals surface area contributed by atoms with Crippen molar-refractivity contribution in [2.24, 2.45) is 0 Å². The second-order valence-electron chi connectivity index (χ2n) is 5.02. The van der Waals surface area contributed by atoms with Crippen LogP contribution < -0.4 is 0 Å². The summed E-state index contributed by atoms with van der Waals surface area (Å²) in [7, 11) is 0. The van der Waals surface area contributed by atoms with Crippen LogP contribution in [0.25, 0.3) is 0 Å². The van der Waals surface area contributed by atoms with Crippen LogP contribution in [-0.4, -0.2) is 13.1 Å². The van der Waals surface area contributed by atoms with E-state index >= 15 is 0 Å². The molecule has 0 bridgehead atoms. The minimum Gasteiger partial charge on any atom is -0.464 e. The molecule has 0 fully saturated rings. The Morgan fingerprint density at radius 2 is 1.86 bits per heavy atom. The quantitative estimate of drug-likeness (QED) is 0.185. The SMILES string of the molecule is CCCCCCCC=C(C=O)OCOCc1ccccc1. The molecule has 0 spiro atoms. The number of allylic oxidation sites excluding steroid dienone is 2. The molecule has 0 unspecified atom stereocenters. The Kier molecular flexibility index (Phi) is 10.1. The lowest BCUT2D eigenvalue weighted by Gasteiger charge is -2.07. The second-order valence-corrected chi connectivity index (χ2v) is 5.02. The zero-order chi connectivity index (χ0) is 15.2. The van der Waals surface area contributed by atoms with Crippen LogP contribution in [0.4, 0.5) is 0 Å². The molecule has 0 amide bonds. The zero-order valence-electron chi connectivity index (χ0n) is 12.9. The number of hydrogen-bond acceptors (Lipinski definition) is 3. The smallest absolute Gasteiger partial charge is 0.189 e. The van der Waals surface area contributed by atoms with E-state index in [1.807, 2.05) is 36.4 Å². The molecular weight excluding hydrogens is 264 g/mol. The number of ether oxygens (including phenoxy) is 2. The Hall–Kier alpha value is -1.61. The number of carbonyl (C=O) groups excluding carboxylic acids is 1. The number of benzene rings is 1. The van der Waals surface area contributed by atoms with Crippen molar-refractivity contribution in [3.05, 3.63) is 47.7 Å². The summed E-state index contributed by atoms with van der Waals surface area (Å²) in [5.41, 5.74) is 1.09. The number of hydrogen-bond donors (Lipinski definition) is 0. The summed E-state index contributed by atoms with van der Waals surface area (Å²) in [4.78, 5) is 10.9. The molecule has 0 N–H and O–H groups in total. The van der Waals surface area contributed by atoms with Gasteiger partial charge in [-0.05, 0) is 24.5 Å². The molecule has 0 saturated heterocycles. The number of carbonyl (C=O) groups is 1. The summed E-state index contributed by atoms with van der Waals surface area (Å²) in [6.45, 7) is 2.80. The fourth-order valence-electron chi connectivity index (χ4n) is 1.98. The second kappa shape index (κ2) is 12.2. The topological polar surface area (TPSA) is 35.5 Å². The molecule has 1 aromatic rings. The Balaban J connectivity index is 2.11. The van der Waals surface area contributed by atoms with E-state index < -0.39 is 0 Å². The van der Waals surface area contributed by atoms with Crippen molar-refractivity contribution in [2.75, 3.05) is 6.79 Å². The maximum absolute atomic E-state index is 10.9. The molecule has 21 heavy (non-hydrogen) atoms. The molecule has 0 radical (unpaired) electrons. The maximum atomic E-state index is 10.9.